The summed E-state index contributed by atoms with van der Waals surface area (Å²) in [6, 6.07) is 3.24. The van der Waals surface area contributed by atoms with Crippen LogP contribution < -0.4 is 0 Å². The van der Waals surface area contributed by atoms with Crippen molar-refractivity contribution >= 4 is 21.6 Å². The van der Waals surface area contributed by atoms with Crippen LogP contribution in [0.1, 0.15) is 32.4 Å². The summed E-state index contributed by atoms with van der Waals surface area (Å²) < 4.78 is 0. The number of aromatic nitrogens is 1. The number of rotatable bonds is 4. The van der Waals surface area contributed by atoms with Crippen molar-refractivity contribution < 1.29 is 4.92 Å². The molecule has 2 unspecified atom stereocenters. The third kappa shape index (κ3) is 3.01. The van der Waals surface area contributed by atoms with E-state index in [1.54, 1.807) is 6.07 Å². The van der Waals surface area contributed by atoms with Crippen molar-refractivity contribution in [2.75, 3.05) is 0 Å². The molecule has 0 amide bonds. The largest absolute Gasteiger partial charge is 0.287 e. The molecule has 1 aromatic rings. The molecule has 1 heterocycles. The number of hydrogen-bond donors (Lipinski definition) is 0. The number of nitrogens with zero attached hydrogens (tertiary/aromatic N) is 2. The highest BCUT2D eigenvalue weighted by molar-refractivity contribution is 9.09. The molecule has 0 saturated carbocycles. The molecule has 0 fully saturated rings. The van der Waals surface area contributed by atoms with Crippen LogP contribution in [-0.4, -0.2) is 14.7 Å². The maximum absolute atomic E-state index is 10.5. The van der Waals surface area contributed by atoms with Gasteiger partial charge in [-0.1, -0.05) is 36.7 Å². The maximum Gasteiger partial charge on any atom is 0.287 e. The van der Waals surface area contributed by atoms with Gasteiger partial charge in [0.05, 0.1) is 4.92 Å². The van der Waals surface area contributed by atoms with E-state index in [1.807, 2.05) is 0 Å². The van der Waals surface area contributed by atoms with Crippen molar-refractivity contribution in [3.05, 3.63) is 34.1 Å². The Balaban J connectivity index is 2.99. The molecule has 88 valence electrons. The Morgan fingerprint density at radius 2 is 2.00 bits per heavy atom. The van der Waals surface area contributed by atoms with Gasteiger partial charge in [0.2, 0.25) is 0 Å². The average Bonchev–Trinajstić information content (AvgIpc) is 2.17. The summed E-state index contributed by atoms with van der Waals surface area (Å²) in [5, 5.41) is 10.5. The predicted octanol–water partition coefficient (Wildman–Crippen LogP) is 3.51. The highest BCUT2D eigenvalue weighted by Crippen LogP contribution is 2.31. The van der Waals surface area contributed by atoms with Gasteiger partial charge in [0.1, 0.15) is 6.20 Å². The highest BCUT2D eigenvalue weighted by Gasteiger charge is 2.22. The Labute approximate surface area is 103 Å². The lowest BCUT2D eigenvalue weighted by Crippen LogP contribution is -2.16. The second-order valence-electron chi connectivity index (χ2n) is 4.15. The fourth-order valence-corrected chi connectivity index (χ4v) is 2.69. The summed E-state index contributed by atoms with van der Waals surface area (Å²) >= 11 is 3.55. The summed E-state index contributed by atoms with van der Waals surface area (Å²) in [4.78, 5) is 14.5. The summed E-state index contributed by atoms with van der Waals surface area (Å²) in [6.07, 6.45) is 1.32. The monoisotopic (exact) mass is 286 g/mol. The summed E-state index contributed by atoms with van der Waals surface area (Å²) in [6.45, 7) is 6.30. The fourth-order valence-electron chi connectivity index (χ4n) is 1.81. The normalized spacial score (nSPS) is 14.8. The van der Waals surface area contributed by atoms with E-state index >= 15 is 0 Å². The molecule has 0 aliphatic carbocycles. The Hall–Kier alpha value is -0.970. The van der Waals surface area contributed by atoms with Crippen LogP contribution in [0.5, 0.6) is 0 Å². The van der Waals surface area contributed by atoms with Gasteiger partial charge in [-0.25, -0.2) is 0 Å². The summed E-state index contributed by atoms with van der Waals surface area (Å²) in [5.41, 5.74) is 0.929. The second-order valence-corrected chi connectivity index (χ2v) is 5.59. The van der Waals surface area contributed by atoms with Gasteiger partial charge in [0, 0.05) is 22.5 Å². The third-order valence-electron chi connectivity index (χ3n) is 2.54. The molecule has 0 N–H and O–H groups in total. The van der Waals surface area contributed by atoms with Gasteiger partial charge < -0.3 is 0 Å². The molecular formula is C11H15BrN2O2. The van der Waals surface area contributed by atoms with E-state index in [4.69, 9.17) is 0 Å². The van der Waals surface area contributed by atoms with E-state index < -0.39 is 4.92 Å². The third-order valence-corrected chi connectivity index (χ3v) is 3.11. The molecular weight excluding hydrogens is 272 g/mol. The Bertz CT molecular complexity index is 355. The van der Waals surface area contributed by atoms with Gasteiger partial charge in [-0.05, 0) is 12.0 Å². The van der Waals surface area contributed by atoms with Gasteiger partial charge in [0.15, 0.2) is 0 Å². The zero-order valence-corrected chi connectivity index (χ0v) is 11.1. The lowest BCUT2D eigenvalue weighted by atomic mass is 9.89. The fraction of sp³-hybridized carbons (Fsp3) is 0.545. The van der Waals surface area contributed by atoms with Crippen molar-refractivity contribution in [1.29, 1.82) is 0 Å². The van der Waals surface area contributed by atoms with Crippen LogP contribution in [0.25, 0.3) is 0 Å². The molecule has 1 rings (SSSR count). The van der Waals surface area contributed by atoms with Crippen LogP contribution in [0.3, 0.4) is 0 Å². The molecule has 4 nitrogen and oxygen atoms in total. The highest BCUT2D eigenvalue weighted by atomic mass is 79.9. The molecule has 0 saturated heterocycles. The molecule has 0 radical (unpaired) electrons. The predicted molar refractivity (Wildman–Crippen MR) is 66.9 cm³/mol. The van der Waals surface area contributed by atoms with E-state index in [2.05, 4.69) is 41.7 Å². The first kappa shape index (κ1) is 13.1. The first-order chi connectivity index (χ1) is 7.43. The molecule has 0 spiro atoms. The SMILES string of the molecule is CC(C)C(c1ccc([N+](=O)[O-])cn1)C(C)Br. The average molecular weight is 287 g/mol. The molecule has 0 bridgehead atoms. The first-order valence-electron chi connectivity index (χ1n) is 5.18. The molecule has 2 atom stereocenters. The summed E-state index contributed by atoms with van der Waals surface area (Å²) in [7, 11) is 0. The number of halogens is 1. The zero-order valence-electron chi connectivity index (χ0n) is 9.55. The van der Waals surface area contributed by atoms with Gasteiger partial charge in [-0.15, -0.1) is 0 Å². The lowest BCUT2D eigenvalue weighted by Gasteiger charge is -2.22. The molecule has 5 heteroatoms. The number of alkyl halides is 1. The van der Waals surface area contributed by atoms with Crippen LogP contribution in [-0.2, 0) is 0 Å². The van der Waals surface area contributed by atoms with Crippen molar-refractivity contribution in [2.24, 2.45) is 5.92 Å². The van der Waals surface area contributed by atoms with E-state index in [9.17, 15) is 10.1 Å². The Kier molecular flexibility index (Phi) is 4.41. The van der Waals surface area contributed by atoms with Crippen molar-refractivity contribution in [2.45, 2.75) is 31.5 Å². The minimum Gasteiger partial charge on any atom is -0.258 e. The van der Waals surface area contributed by atoms with Gasteiger partial charge >= 0.3 is 0 Å². The second kappa shape index (κ2) is 5.39. The first-order valence-corrected chi connectivity index (χ1v) is 6.09. The topological polar surface area (TPSA) is 56.0 Å². The molecule has 0 aliphatic rings. The minimum absolute atomic E-state index is 0.0356. The van der Waals surface area contributed by atoms with Crippen molar-refractivity contribution in [3.8, 4) is 0 Å². The quantitative estimate of drug-likeness (QED) is 0.483. The van der Waals surface area contributed by atoms with Crippen molar-refractivity contribution in [1.82, 2.24) is 4.98 Å². The Morgan fingerprint density at radius 1 is 1.38 bits per heavy atom. The molecule has 0 aliphatic heterocycles. The maximum atomic E-state index is 10.5. The number of pyridine rings is 1. The standard InChI is InChI=1S/C11H15BrN2O2/c1-7(2)11(8(3)12)10-5-4-9(6-13-10)14(15)16/h4-8,11H,1-3H3. The van der Waals surface area contributed by atoms with E-state index in [0.717, 1.165) is 5.69 Å². The van der Waals surface area contributed by atoms with Crippen LogP contribution in [0.15, 0.2) is 18.3 Å². The van der Waals surface area contributed by atoms with Crippen LogP contribution in [0.4, 0.5) is 5.69 Å². The van der Waals surface area contributed by atoms with E-state index in [0.29, 0.717) is 10.7 Å². The molecule has 1 aromatic heterocycles. The number of hydrogen-bond acceptors (Lipinski definition) is 3. The van der Waals surface area contributed by atoms with Gasteiger partial charge in [-0.2, -0.15) is 0 Å². The minimum atomic E-state index is -0.432. The number of nitro groups is 1. The van der Waals surface area contributed by atoms with Crippen molar-refractivity contribution in [3.63, 3.8) is 0 Å². The molecule has 16 heavy (non-hydrogen) atoms. The lowest BCUT2D eigenvalue weighted by molar-refractivity contribution is -0.385. The van der Waals surface area contributed by atoms with E-state index in [1.165, 1.54) is 12.3 Å². The van der Waals surface area contributed by atoms with E-state index in [-0.39, 0.29) is 11.6 Å². The summed E-state index contributed by atoms with van der Waals surface area (Å²) in [5.74, 6) is 0.698. The van der Waals surface area contributed by atoms with Crippen LogP contribution >= 0.6 is 15.9 Å². The molecule has 0 aromatic carbocycles. The Morgan fingerprint density at radius 3 is 2.31 bits per heavy atom. The van der Waals surface area contributed by atoms with Crippen LogP contribution in [0, 0.1) is 16.0 Å². The van der Waals surface area contributed by atoms with Crippen LogP contribution in [0.2, 0.25) is 0 Å². The zero-order chi connectivity index (χ0) is 12.3. The van der Waals surface area contributed by atoms with Gasteiger partial charge in [-0.3, -0.25) is 15.1 Å². The van der Waals surface area contributed by atoms with Gasteiger partial charge in [0.25, 0.3) is 5.69 Å². The smallest absolute Gasteiger partial charge is 0.258 e.